The Labute approximate surface area is 587 Å². The number of hydrogen-bond acceptors (Lipinski definition) is 18. The molecular formula is C76H137N2O18P. The first-order valence-electron chi connectivity index (χ1n) is 38.1. The maximum Gasteiger partial charge on any atom is 0.509 e. The Morgan fingerprint density at radius 3 is 1.53 bits per heavy atom. The summed E-state index contributed by atoms with van der Waals surface area (Å²) in [5.41, 5.74) is 0. The number of aliphatic hydroxyl groups is 1. The molecule has 0 bridgehead atoms. The van der Waals surface area contributed by atoms with Crippen molar-refractivity contribution in [3.05, 3.63) is 50.1 Å². The Morgan fingerprint density at radius 2 is 0.979 bits per heavy atom. The molecule has 2 heterocycles. The van der Waals surface area contributed by atoms with E-state index in [0.29, 0.717) is 25.7 Å². The smallest absolute Gasteiger partial charge is 0.430 e. The van der Waals surface area contributed by atoms with Gasteiger partial charge in [0.05, 0.1) is 39.0 Å². The van der Waals surface area contributed by atoms with Crippen LogP contribution in [0.15, 0.2) is 50.1 Å². The Morgan fingerprint density at radius 1 is 0.505 bits per heavy atom. The van der Waals surface area contributed by atoms with E-state index in [1.165, 1.54) is 96.0 Å². The number of unbranched alkanes of at least 4 members (excludes halogenated alkanes) is 30. The molecule has 0 aromatic heterocycles. The van der Waals surface area contributed by atoms with Crippen LogP contribution in [0.25, 0.3) is 0 Å². The maximum atomic E-state index is 14.7. The zero-order chi connectivity index (χ0) is 70.8. The Bertz CT molecular complexity index is 2070. The van der Waals surface area contributed by atoms with Gasteiger partial charge >= 0.3 is 14.0 Å². The van der Waals surface area contributed by atoms with Gasteiger partial charge in [-0.25, -0.2) is 9.36 Å². The number of hydrogen-bond donors (Lipinski definition) is 3. The molecule has 0 aromatic carbocycles. The second kappa shape index (κ2) is 60.2. The fourth-order valence-corrected chi connectivity index (χ4v) is 13.6. The van der Waals surface area contributed by atoms with Crippen LogP contribution < -0.4 is 10.6 Å². The molecule has 2 aliphatic heterocycles. The van der Waals surface area contributed by atoms with Crippen molar-refractivity contribution in [2.24, 2.45) is 0 Å². The minimum absolute atomic E-state index is 0.0912. The summed E-state index contributed by atoms with van der Waals surface area (Å²) in [7, 11) is -1.36. The number of nitrogens with one attached hydrogen (secondary N) is 2. The van der Waals surface area contributed by atoms with Crippen LogP contribution in [0.5, 0.6) is 0 Å². The topological polar surface area (TPSA) is 240 Å². The van der Waals surface area contributed by atoms with Crippen LogP contribution >= 0.6 is 7.82 Å². The lowest BCUT2D eigenvalue weighted by atomic mass is 9.95. The highest BCUT2D eigenvalue weighted by molar-refractivity contribution is 7.48. The van der Waals surface area contributed by atoms with Gasteiger partial charge in [0.25, 0.3) is 0 Å². The molecule has 0 unspecified atom stereocenters. The fraction of sp³-hybridized carbons (Fsp3) is 0.842. The van der Waals surface area contributed by atoms with E-state index in [1.54, 1.807) is 7.11 Å². The van der Waals surface area contributed by atoms with Gasteiger partial charge in [-0.2, -0.15) is 0 Å². The SMILES string of the molecule is C=CCOC(=O)O[C@H]1[C@H](OCCCCCCCCCC)[C@@H](NC(=O)CC(=O)CCCCCCCCCCC)[C@H](O)O[C@@H]1CO[C@@H]1O[C@H](COC)[C@@H](OP(=O)(OCC=C)OCC=C)[C@H](OCC[C@@H](CCCCCCC)OC)[C@H]1NC(=O)CCCCCCCCC/C=C\CCCCCC. The summed E-state index contributed by atoms with van der Waals surface area (Å²) in [6.07, 6.45) is 35.3. The van der Waals surface area contributed by atoms with Gasteiger partial charge in [-0.05, 0) is 57.8 Å². The number of Topliss-reactive ketones (excluding diaryl/α,β-unsaturated/α-hetero) is 1. The number of allylic oxidation sites excluding steroid dienone is 2. The van der Waals surface area contributed by atoms with Crippen molar-refractivity contribution in [2.45, 2.75) is 352 Å². The predicted molar refractivity (Wildman–Crippen MR) is 384 cm³/mol. The number of phosphoric ester groups is 1. The standard InChI is InChI=1S/C76H137N2O18P/c1-10-17-21-25-28-31-32-33-34-35-36-38-40-44-48-52-66(80)77-69-73(88-58-53-63(86-9)51-47-42-24-20-13-4)71(96-97(84,91-55-15-6)92-56-16-7)64(60-85-8)94-75(69)90-61-65-70(95-76(83)89-54-14-5)72(87-57-49-45-41-30-27-23-19-12-3)68(74(82)93-65)78-67(81)59-62(79)50-46-43-39-37-29-26-22-18-11-2/h14-16,31-32,63-65,68-75,82H,5-7,10-13,17-30,33-61H2,1-4,8-9H3,(H,77,80)(H,78,81)/b32-31-/t63-,64-,65-,68-,69-,70-,71-,72-,73-,74-,75-/m1/s1. The molecule has 3 N–H and O–H groups in total. The first-order valence-corrected chi connectivity index (χ1v) is 39.6. The summed E-state index contributed by atoms with van der Waals surface area (Å²) in [5.74, 6) is -1.24. The van der Waals surface area contributed by atoms with Gasteiger partial charge < -0.3 is 58.4 Å². The highest BCUT2D eigenvalue weighted by atomic mass is 31.2. The van der Waals surface area contributed by atoms with Crippen molar-refractivity contribution < 1.29 is 85.1 Å². The van der Waals surface area contributed by atoms with Gasteiger partial charge in [-0.3, -0.25) is 28.0 Å². The first kappa shape index (κ1) is 89.7. The van der Waals surface area contributed by atoms with Gasteiger partial charge in [-0.15, -0.1) is 13.2 Å². The lowest BCUT2D eigenvalue weighted by Crippen LogP contribution is -2.68. The summed E-state index contributed by atoms with van der Waals surface area (Å²) in [6, 6.07) is -2.54. The molecule has 0 radical (unpaired) electrons. The summed E-state index contributed by atoms with van der Waals surface area (Å²) in [6.45, 7) is 18.9. The van der Waals surface area contributed by atoms with Crippen molar-refractivity contribution in [1.29, 1.82) is 0 Å². The van der Waals surface area contributed by atoms with Crippen molar-refractivity contribution in [3.63, 3.8) is 0 Å². The van der Waals surface area contributed by atoms with E-state index < -0.39 is 94.2 Å². The number of carbonyl (C=O) groups excluding carboxylic acids is 4. The first-order chi connectivity index (χ1) is 47.3. The van der Waals surface area contributed by atoms with Crippen LogP contribution in [0.1, 0.15) is 285 Å². The highest BCUT2D eigenvalue weighted by Gasteiger charge is 2.54. The summed E-state index contributed by atoms with van der Waals surface area (Å²) in [4.78, 5) is 55.4. The third-order valence-electron chi connectivity index (χ3n) is 17.8. The molecule has 11 atom stereocenters. The maximum absolute atomic E-state index is 14.7. The Kier molecular flexibility index (Phi) is 55.7. The quantitative estimate of drug-likeness (QED) is 0.0169. The lowest BCUT2D eigenvalue weighted by molar-refractivity contribution is -0.303. The Balaban J connectivity index is 2.65. The second-order valence-electron chi connectivity index (χ2n) is 26.3. The molecular weight excluding hydrogens is 1260 g/mol. The van der Waals surface area contributed by atoms with E-state index in [1.807, 2.05) is 0 Å². The molecule has 0 spiro atoms. The largest absolute Gasteiger partial charge is 0.509 e. The zero-order valence-electron chi connectivity index (χ0n) is 61.4. The van der Waals surface area contributed by atoms with E-state index in [9.17, 15) is 28.8 Å². The van der Waals surface area contributed by atoms with E-state index in [-0.39, 0.29) is 70.3 Å². The highest BCUT2D eigenvalue weighted by Crippen LogP contribution is 2.52. The van der Waals surface area contributed by atoms with E-state index in [0.717, 1.165) is 141 Å². The molecule has 2 fully saturated rings. The second-order valence-corrected chi connectivity index (χ2v) is 27.9. The van der Waals surface area contributed by atoms with Gasteiger partial charge in [-0.1, -0.05) is 244 Å². The number of methoxy groups -OCH3 is 2. The van der Waals surface area contributed by atoms with Crippen LogP contribution in [0.4, 0.5) is 4.79 Å². The molecule has 2 aliphatic rings. The van der Waals surface area contributed by atoms with Crippen LogP contribution in [0, 0.1) is 0 Å². The van der Waals surface area contributed by atoms with Crippen LogP contribution in [-0.4, -0.2) is 157 Å². The van der Waals surface area contributed by atoms with Crippen LogP contribution in [-0.2, 0) is 75.2 Å². The van der Waals surface area contributed by atoms with Gasteiger partial charge in [0, 0.05) is 40.3 Å². The predicted octanol–water partition coefficient (Wildman–Crippen LogP) is 17.3. The summed E-state index contributed by atoms with van der Waals surface area (Å²) >= 11 is 0. The van der Waals surface area contributed by atoms with Crippen molar-refractivity contribution >= 4 is 31.6 Å². The molecule has 2 amide bonds. The molecule has 0 aromatic rings. The third kappa shape index (κ3) is 42.6. The number of carbonyl (C=O) groups is 4. The van der Waals surface area contributed by atoms with E-state index >= 15 is 0 Å². The Hall–Kier alpha value is -3.37. The summed E-state index contributed by atoms with van der Waals surface area (Å²) in [5, 5.41) is 18.0. The normalized spacial score (nSPS) is 21.5. The number of ketones is 1. The van der Waals surface area contributed by atoms with Gasteiger partial charge in [0.2, 0.25) is 11.8 Å². The number of phosphoric acid groups is 1. The van der Waals surface area contributed by atoms with Crippen molar-refractivity contribution in [3.8, 4) is 0 Å². The van der Waals surface area contributed by atoms with E-state index in [4.69, 9.17) is 56.2 Å². The van der Waals surface area contributed by atoms with Gasteiger partial charge in [0.1, 0.15) is 55.0 Å². The molecule has 564 valence electrons. The van der Waals surface area contributed by atoms with Crippen LogP contribution in [0.3, 0.4) is 0 Å². The van der Waals surface area contributed by atoms with Crippen LogP contribution in [0.2, 0.25) is 0 Å². The molecule has 21 heteroatoms. The number of aliphatic hydroxyl groups excluding tert-OH is 1. The molecule has 0 saturated carbocycles. The average molecular weight is 1400 g/mol. The minimum Gasteiger partial charge on any atom is -0.430 e. The molecule has 2 saturated heterocycles. The zero-order valence-corrected chi connectivity index (χ0v) is 62.3. The molecule has 20 nitrogen and oxygen atoms in total. The monoisotopic (exact) mass is 1400 g/mol. The lowest BCUT2D eigenvalue weighted by Gasteiger charge is -2.47. The third-order valence-corrected chi connectivity index (χ3v) is 19.3. The number of ether oxygens (including phenoxy) is 9. The molecule has 97 heavy (non-hydrogen) atoms. The van der Waals surface area contributed by atoms with Gasteiger partial charge in [0.15, 0.2) is 18.7 Å². The van der Waals surface area contributed by atoms with Crippen molar-refractivity contribution in [1.82, 2.24) is 10.6 Å². The fourth-order valence-electron chi connectivity index (χ4n) is 12.3. The van der Waals surface area contributed by atoms with E-state index in [2.05, 4.69) is 70.2 Å². The van der Waals surface area contributed by atoms with Crippen molar-refractivity contribution in [2.75, 3.05) is 60.5 Å². The average Bonchev–Trinajstić information content (AvgIpc) is 0.787. The molecule has 0 aliphatic carbocycles. The number of rotatable bonds is 66. The molecule has 2 rings (SSSR count). The summed E-state index contributed by atoms with van der Waals surface area (Å²) < 4.78 is 89.1. The minimum atomic E-state index is -4.48. The number of amides is 2.